The molecule has 0 aliphatic heterocycles. The lowest BCUT2D eigenvalue weighted by Gasteiger charge is -2.02. The van der Waals surface area contributed by atoms with Crippen LogP contribution >= 0.6 is 0 Å². The lowest BCUT2D eigenvalue weighted by atomic mass is 10.1. The Bertz CT molecular complexity index is 649. The van der Waals surface area contributed by atoms with Crippen LogP contribution in [-0.4, -0.2) is 15.9 Å². The first-order valence-electron chi connectivity index (χ1n) is 5.46. The number of rotatable bonds is 3. The maximum absolute atomic E-state index is 13.7. The highest BCUT2D eigenvalue weighted by molar-refractivity contribution is 5.78. The fourth-order valence-corrected chi connectivity index (χ4v) is 1.55. The van der Waals surface area contributed by atoms with E-state index >= 15 is 0 Å². The van der Waals surface area contributed by atoms with Crippen molar-refractivity contribution >= 4 is 5.78 Å². The molecule has 4 nitrogen and oxygen atoms in total. The van der Waals surface area contributed by atoms with E-state index in [2.05, 4.69) is 14.7 Å². The van der Waals surface area contributed by atoms with Crippen LogP contribution in [0.4, 0.5) is 17.6 Å². The van der Waals surface area contributed by atoms with Crippen molar-refractivity contribution in [3.8, 4) is 11.4 Å². The zero-order chi connectivity index (χ0) is 14.9. The van der Waals surface area contributed by atoms with E-state index in [1.165, 1.54) is 19.1 Å². The van der Waals surface area contributed by atoms with Gasteiger partial charge in [0.1, 0.15) is 11.6 Å². The molecule has 0 spiro atoms. The second kappa shape index (κ2) is 5.03. The maximum Gasteiger partial charge on any atom is 0.471 e. The summed E-state index contributed by atoms with van der Waals surface area (Å²) in [5, 5.41) is 3.14. The van der Waals surface area contributed by atoms with Crippen LogP contribution in [0.15, 0.2) is 22.7 Å². The number of hydrogen-bond donors (Lipinski definition) is 0. The van der Waals surface area contributed by atoms with Gasteiger partial charge >= 0.3 is 12.1 Å². The molecule has 2 aromatic rings. The van der Waals surface area contributed by atoms with Gasteiger partial charge in [0.05, 0.1) is 0 Å². The quantitative estimate of drug-likeness (QED) is 0.815. The normalized spacial score (nSPS) is 11.7. The van der Waals surface area contributed by atoms with E-state index in [0.717, 1.165) is 6.07 Å². The highest BCUT2D eigenvalue weighted by atomic mass is 19.4. The summed E-state index contributed by atoms with van der Waals surface area (Å²) in [7, 11) is 0. The van der Waals surface area contributed by atoms with Crippen molar-refractivity contribution in [2.45, 2.75) is 19.5 Å². The lowest BCUT2D eigenvalue weighted by Crippen LogP contribution is -2.04. The third-order valence-corrected chi connectivity index (χ3v) is 2.42. The minimum atomic E-state index is -4.75. The molecule has 0 saturated carbocycles. The Hall–Kier alpha value is -2.25. The number of hydrogen-bond acceptors (Lipinski definition) is 4. The van der Waals surface area contributed by atoms with Crippen molar-refractivity contribution in [2.24, 2.45) is 0 Å². The average molecular weight is 288 g/mol. The molecule has 1 heterocycles. The largest absolute Gasteiger partial charge is 0.471 e. The summed E-state index contributed by atoms with van der Waals surface area (Å²) in [5.41, 5.74) is 0.190. The molecule has 0 atom stereocenters. The van der Waals surface area contributed by atoms with Gasteiger partial charge in [-0.2, -0.15) is 18.2 Å². The standard InChI is InChI=1S/C12H8F4N2O2/c1-6(19)4-7-2-3-8(5-9(7)13)10-17-11(20-18-10)12(14,15)16/h2-3,5H,4H2,1H3. The summed E-state index contributed by atoms with van der Waals surface area (Å²) in [5.74, 6) is -2.81. The molecular weight excluding hydrogens is 280 g/mol. The van der Waals surface area contributed by atoms with Gasteiger partial charge in [-0.1, -0.05) is 17.3 Å². The Morgan fingerprint density at radius 2 is 2.05 bits per heavy atom. The molecule has 0 bridgehead atoms. The number of Topliss-reactive ketones (excluding diaryl/α,β-unsaturated/α-hetero) is 1. The molecule has 0 fully saturated rings. The molecule has 2 rings (SSSR count). The number of nitrogens with zero attached hydrogens (tertiary/aromatic N) is 2. The number of aromatic nitrogens is 2. The van der Waals surface area contributed by atoms with Crippen LogP contribution in [0, 0.1) is 5.82 Å². The average Bonchev–Trinajstić information content (AvgIpc) is 2.80. The SMILES string of the molecule is CC(=O)Cc1ccc(-c2noc(C(F)(F)F)n2)cc1F. The molecule has 1 aromatic carbocycles. The van der Waals surface area contributed by atoms with Gasteiger partial charge in [-0.3, -0.25) is 4.79 Å². The molecular formula is C12H8F4N2O2. The molecule has 0 aliphatic carbocycles. The monoisotopic (exact) mass is 288 g/mol. The van der Waals surface area contributed by atoms with E-state index in [-0.39, 0.29) is 29.2 Å². The fraction of sp³-hybridized carbons (Fsp3) is 0.250. The molecule has 0 aliphatic rings. The number of benzene rings is 1. The predicted molar refractivity (Wildman–Crippen MR) is 59.1 cm³/mol. The molecule has 0 radical (unpaired) electrons. The maximum atomic E-state index is 13.7. The Balaban J connectivity index is 2.32. The number of carbonyl (C=O) groups is 1. The van der Waals surface area contributed by atoms with Crippen molar-refractivity contribution in [3.63, 3.8) is 0 Å². The van der Waals surface area contributed by atoms with Crippen molar-refractivity contribution in [2.75, 3.05) is 0 Å². The third-order valence-electron chi connectivity index (χ3n) is 2.42. The second-order valence-corrected chi connectivity index (χ2v) is 4.11. The summed E-state index contributed by atoms with van der Waals surface area (Å²) >= 11 is 0. The molecule has 0 unspecified atom stereocenters. The minimum Gasteiger partial charge on any atom is -0.329 e. The highest BCUT2D eigenvalue weighted by Gasteiger charge is 2.38. The summed E-state index contributed by atoms with van der Waals surface area (Å²) in [6, 6.07) is 3.59. The van der Waals surface area contributed by atoms with E-state index in [1.807, 2.05) is 0 Å². The van der Waals surface area contributed by atoms with Crippen molar-refractivity contribution < 1.29 is 26.9 Å². The van der Waals surface area contributed by atoms with E-state index in [4.69, 9.17) is 0 Å². The van der Waals surface area contributed by atoms with Gasteiger partial charge in [-0.15, -0.1) is 0 Å². The molecule has 1 aromatic heterocycles. The van der Waals surface area contributed by atoms with Gasteiger partial charge in [-0.25, -0.2) is 4.39 Å². The summed E-state index contributed by atoms with van der Waals surface area (Å²) in [4.78, 5) is 14.0. The molecule has 106 valence electrons. The zero-order valence-corrected chi connectivity index (χ0v) is 10.2. The summed E-state index contributed by atoms with van der Waals surface area (Å²) < 4.78 is 54.6. The van der Waals surface area contributed by atoms with Crippen molar-refractivity contribution in [3.05, 3.63) is 35.5 Å². The van der Waals surface area contributed by atoms with Crippen LogP contribution in [0.25, 0.3) is 11.4 Å². The first kappa shape index (κ1) is 14.2. The van der Waals surface area contributed by atoms with Crippen LogP contribution in [0.1, 0.15) is 18.4 Å². The third kappa shape index (κ3) is 3.01. The number of carbonyl (C=O) groups excluding carboxylic acids is 1. The van der Waals surface area contributed by atoms with Gasteiger partial charge < -0.3 is 4.52 Å². The Kier molecular flexibility index (Phi) is 3.56. The van der Waals surface area contributed by atoms with Crippen molar-refractivity contribution in [1.29, 1.82) is 0 Å². The van der Waals surface area contributed by atoms with Crippen LogP contribution in [0.5, 0.6) is 0 Å². The lowest BCUT2D eigenvalue weighted by molar-refractivity contribution is -0.159. The van der Waals surface area contributed by atoms with Crippen LogP contribution < -0.4 is 0 Å². The van der Waals surface area contributed by atoms with E-state index in [0.29, 0.717) is 0 Å². The van der Waals surface area contributed by atoms with Crippen LogP contribution in [0.2, 0.25) is 0 Å². The van der Waals surface area contributed by atoms with Crippen molar-refractivity contribution in [1.82, 2.24) is 10.1 Å². The summed E-state index contributed by atoms with van der Waals surface area (Å²) in [6.45, 7) is 1.31. The van der Waals surface area contributed by atoms with Crippen LogP contribution in [-0.2, 0) is 17.4 Å². The topological polar surface area (TPSA) is 56.0 Å². The Morgan fingerprint density at radius 1 is 1.35 bits per heavy atom. The van der Waals surface area contributed by atoms with E-state index < -0.39 is 17.9 Å². The number of halogens is 4. The first-order chi connectivity index (χ1) is 9.27. The highest BCUT2D eigenvalue weighted by Crippen LogP contribution is 2.29. The Morgan fingerprint density at radius 3 is 2.55 bits per heavy atom. The molecule has 20 heavy (non-hydrogen) atoms. The number of ketones is 1. The molecule has 0 N–H and O–H groups in total. The Labute approximate surface area is 110 Å². The second-order valence-electron chi connectivity index (χ2n) is 4.11. The smallest absolute Gasteiger partial charge is 0.329 e. The number of alkyl halides is 3. The van der Waals surface area contributed by atoms with E-state index in [9.17, 15) is 22.4 Å². The fourth-order valence-electron chi connectivity index (χ4n) is 1.55. The van der Waals surface area contributed by atoms with Gasteiger partial charge in [0.2, 0.25) is 5.82 Å². The summed E-state index contributed by atoms with van der Waals surface area (Å²) in [6.07, 6.45) is -4.84. The van der Waals surface area contributed by atoms with Crippen LogP contribution in [0.3, 0.4) is 0 Å². The van der Waals surface area contributed by atoms with E-state index in [1.54, 1.807) is 0 Å². The first-order valence-corrected chi connectivity index (χ1v) is 5.46. The zero-order valence-electron chi connectivity index (χ0n) is 10.2. The minimum absolute atomic E-state index is 0.0362. The van der Waals surface area contributed by atoms with Gasteiger partial charge in [0.25, 0.3) is 0 Å². The molecule has 8 heteroatoms. The van der Waals surface area contributed by atoms with Gasteiger partial charge in [0.15, 0.2) is 0 Å². The van der Waals surface area contributed by atoms with Gasteiger partial charge in [0, 0.05) is 12.0 Å². The molecule has 0 amide bonds. The van der Waals surface area contributed by atoms with Gasteiger partial charge in [-0.05, 0) is 18.6 Å². The predicted octanol–water partition coefficient (Wildman–Crippen LogP) is 3.03. The molecule has 0 saturated heterocycles.